The fourth-order valence-corrected chi connectivity index (χ4v) is 3.63. The molecule has 0 aromatic heterocycles. The van der Waals surface area contributed by atoms with Crippen LogP contribution in [0.1, 0.15) is 29.6 Å². The molecule has 0 spiro atoms. The molecule has 0 saturated carbocycles. The molecule has 0 radical (unpaired) electrons. The van der Waals surface area contributed by atoms with Gasteiger partial charge in [0, 0.05) is 22.0 Å². The molecule has 2 aromatic rings. The quantitative estimate of drug-likeness (QED) is 0.829. The summed E-state index contributed by atoms with van der Waals surface area (Å²) in [6.07, 6.45) is -0.430. The summed E-state index contributed by atoms with van der Waals surface area (Å²) in [4.78, 5) is 11.0. The Hall–Kier alpha value is -2.28. The van der Waals surface area contributed by atoms with Crippen LogP contribution in [0.15, 0.2) is 34.8 Å². The number of hydrogen-bond donors (Lipinski definition) is 1. The van der Waals surface area contributed by atoms with E-state index in [0.717, 1.165) is 5.56 Å². The Morgan fingerprint density at radius 3 is 2.68 bits per heavy atom. The molecule has 2 aliphatic heterocycles. The number of carbonyl (C=O) groups is 1. The molecule has 1 N–H and O–H groups in total. The van der Waals surface area contributed by atoms with Gasteiger partial charge in [-0.15, -0.1) is 0 Å². The van der Waals surface area contributed by atoms with E-state index in [-0.39, 0.29) is 24.8 Å². The lowest BCUT2D eigenvalue weighted by atomic mass is 9.97. The maximum absolute atomic E-state index is 13.6. The molecule has 130 valence electrons. The van der Waals surface area contributed by atoms with E-state index in [0.29, 0.717) is 33.9 Å². The summed E-state index contributed by atoms with van der Waals surface area (Å²) < 4.78 is 31.6. The first kappa shape index (κ1) is 16.2. The second kappa shape index (κ2) is 6.22. The standard InChI is InChI=1S/C18H14BrFO5/c19-11-1-9(2-12(20)4-11)17-8-24-15-5-13-10(3-18(21)22)7-23-14(13)6-16(15)25-17/h1-2,4-6,10,17H,3,7-8H2,(H,21,22)/t10-,17?/m1/s1. The van der Waals surface area contributed by atoms with Gasteiger partial charge in [0.1, 0.15) is 18.2 Å². The van der Waals surface area contributed by atoms with Gasteiger partial charge in [0.15, 0.2) is 17.6 Å². The molecule has 0 fully saturated rings. The second-order valence-corrected chi connectivity index (χ2v) is 6.98. The third-order valence-corrected chi connectivity index (χ3v) is 4.75. The van der Waals surface area contributed by atoms with E-state index in [9.17, 15) is 9.18 Å². The molecular formula is C18H14BrFO5. The van der Waals surface area contributed by atoms with Crippen LogP contribution in [0, 0.1) is 5.82 Å². The average Bonchev–Trinajstić information content (AvgIpc) is 2.92. The fraction of sp³-hybridized carbons (Fsp3) is 0.278. The predicted octanol–water partition coefficient (Wildman–Crippen LogP) is 4.05. The van der Waals surface area contributed by atoms with Crippen molar-refractivity contribution in [3.63, 3.8) is 0 Å². The summed E-state index contributed by atoms with van der Waals surface area (Å²) in [5.74, 6) is 0.242. The minimum absolute atomic E-state index is 0.00654. The lowest BCUT2D eigenvalue weighted by molar-refractivity contribution is -0.137. The van der Waals surface area contributed by atoms with Crippen LogP contribution in [-0.4, -0.2) is 24.3 Å². The summed E-state index contributed by atoms with van der Waals surface area (Å²) in [6, 6.07) is 8.08. The number of ether oxygens (including phenoxy) is 3. The Kier molecular flexibility index (Phi) is 4.03. The maximum Gasteiger partial charge on any atom is 0.304 e. The van der Waals surface area contributed by atoms with E-state index in [2.05, 4.69) is 15.9 Å². The zero-order chi connectivity index (χ0) is 17.6. The highest BCUT2D eigenvalue weighted by atomic mass is 79.9. The predicted molar refractivity (Wildman–Crippen MR) is 89.9 cm³/mol. The van der Waals surface area contributed by atoms with Gasteiger partial charge in [0.2, 0.25) is 0 Å². The summed E-state index contributed by atoms with van der Waals surface area (Å²) in [7, 11) is 0. The van der Waals surface area contributed by atoms with Crippen molar-refractivity contribution < 1.29 is 28.5 Å². The number of hydrogen-bond acceptors (Lipinski definition) is 4. The molecular weight excluding hydrogens is 395 g/mol. The summed E-state index contributed by atoms with van der Waals surface area (Å²) in [5.41, 5.74) is 1.49. The van der Waals surface area contributed by atoms with Crippen molar-refractivity contribution in [3.05, 3.63) is 51.7 Å². The van der Waals surface area contributed by atoms with Gasteiger partial charge in [-0.2, -0.15) is 0 Å². The third-order valence-electron chi connectivity index (χ3n) is 4.29. The molecule has 2 aliphatic rings. The van der Waals surface area contributed by atoms with Crippen molar-refractivity contribution >= 4 is 21.9 Å². The highest BCUT2D eigenvalue weighted by Gasteiger charge is 2.31. The van der Waals surface area contributed by atoms with Gasteiger partial charge in [0.05, 0.1) is 13.0 Å². The molecule has 0 amide bonds. The van der Waals surface area contributed by atoms with Crippen molar-refractivity contribution in [1.29, 1.82) is 0 Å². The smallest absolute Gasteiger partial charge is 0.304 e. The largest absolute Gasteiger partial charge is 0.492 e. The van der Waals surface area contributed by atoms with Gasteiger partial charge in [-0.05, 0) is 29.8 Å². The number of halogens is 2. The van der Waals surface area contributed by atoms with Crippen LogP contribution in [0.25, 0.3) is 0 Å². The van der Waals surface area contributed by atoms with E-state index in [1.165, 1.54) is 12.1 Å². The van der Waals surface area contributed by atoms with Crippen LogP contribution >= 0.6 is 15.9 Å². The van der Waals surface area contributed by atoms with Crippen LogP contribution in [-0.2, 0) is 4.79 Å². The first-order chi connectivity index (χ1) is 12.0. The first-order valence-corrected chi connectivity index (χ1v) is 8.57. The Morgan fingerprint density at radius 1 is 1.12 bits per heavy atom. The van der Waals surface area contributed by atoms with Crippen LogP contribution in [0.5, 0.6) is 17.2 Å². The summed E-state index contributed by atoms with van der Waals surface area (Å²) >= 11 is 3.27. The first-order valence-electron chi connectivity index (χ1n) is 7.77. The normalized spacial score (nSPS) is 20.7. The number of carboxylic acid groups (broad SMARTS) is 1. The van der Waals surface area contributed by atoms with Crippen molar-refractivity contribution in [1.82, 2.24) is 0 Å². The van der Waals surface area contributed by atoms with Gasteiger partial charge < -0.3 is 19.3 Å². The summed E-state index contributed by atoms with van der Waals surface area (Å²) in [6.45, 7) is 0.566. The molecule has 7 heteroatoms. The molecule has 2 heterocycles. The second-order valence-electron chi connectivity index (χ2n) is 6.06. The maximum atomic E-state index is 13.6. The van der Waals surface area contributed by atoms with Gasteiger partial charge in [-0.25, -0.2) is 4.39 Å². The van der Waals surface area contributed by atoms with Gasteiger partial charge in [0.25, 0.3) is 0 Å². The highest BCUT2D eigenvalue weighted by molar-refractivity contribution is 9.10. The number of benzene rings is 2. The van der Waals surface area contributed by atoms with Gasteiger partial charge in [-0.1, -0.05) is 15.9 Å². The van der Waals surface area contributed by atoms with Crippen LogP contribution in [0.4, 0.5) is 4.39 Å². The average molecular weight is 409 g/mol. The van der Waals surface area contributed by atoms with Crippen molar-refractivity contribution in [2.24, 2.45) is 0 Å². The Morgan fingerprint density at radius 2 is 1.92 bits per heavy atom. The fourth-order valence-electron chi connectivity index (χ4n) is 3.14. The molecule has 2 aromatic carbocycles. The molecule has 25 heavy (non-hydrogen) atoms. The van der Waals surface area contributed by atoms with Crippen molar-refractivity contribution in [2.45, 2.75) is 18.4 Å². The van der Waals surface area contributed by atoms with Crippen LogP contribution in [0.3, 0.4) is 0 Å². The zero-order valence-corrected chi connectivity index (χ0v) is 14.6. The Bertz CT molecular complexity index is 833. The molecule has 0 aliphatic carbocycles. The topological polar surface area (TPSA) is 65.0 Å². The Labute approximate surface area is 151 Å². The molecule has 5 nitrogen and oxygen atoms in total. The molecule has 1 unspecified atom stereocenters. The molecule has 4 rings (SSSR count). The lowest BCUT2D eigenvalue weighted by Crippen LogP contribution is -2.22. The monoisotopic (exact) mass is 408 g/mol. The molecule has 0 bridgehead atoms. The molecule has 2 atom stereocenters. The van der Waals surface area contributed by atoms with Crippen LogP contribution in [0.2, 0.25) is 0 Å². The number of fused-ring (bicyclic) bond motifs is 2. The van der Waals surface area contributed by atoms with Crippen molar-refractivity contribution in [2.75, 3.05) is 13.2 Å². The number of aliphatic carboxylic acids is 1. The van der Waals surface area contributed by atoms with E-state index in [1.54, 1.807) is 18.2 Å². The number of rotatable bonds is 3. The van der Waals surface area contributed by atoms with Crippen LogP contribution < -0.4 is 14.2 Å². The van der Waals surface area contributed by atoms with Gasteiger partial charge >= 0.3 is 5.97 Å². The van der Waals surface area contributed by atoms with E-state index < -0.39 is 12.1 Å². The van der Waals surface area contributed by atoms with E-state index in [1.807, 2.05) is 0 Å². The van der Waals surface area contributed by atoms with Gasteiger partial charge in [-0.3, -0.25) is 4.79 Å². The van der Waals surface area contributed by atoms with E-state index >= 15 is 0 Å². The lowest BCUT2D eigenvalue weighted by Gasteiger charge is -2.27. The van der Waals surface area contributed by atoms with E-state index in [4.69, 9.17) is 19.3 Å². The highest BCUT2D eigenvalue weighted by Crippen LogP contribution is 2.46. The Balaban J connectivity index is 1.61. The SMILES string of the molecule is O=C(O)C[C@@H]1COc2cc3c(cc21)OCC(c1cc(F)cc(Br)c1)O3. The van der Waals surface area contributed by atoms with Crippen molar-refractivity contribution in [3.8, 4) is 17.2 Å². The summed E-state index contributed by atoms with van der Waals surface area (Å²) in [5, 5.41) is 9.00. The number of carboxylic acids is 1. The zero-order valence-electron chi connectivity index (χ0n) is 13.0. The third kappa shape index (κ3) is 3.16. The molecule has 0 saturated heterocycles. The minimum atomic E-state index is -0.868. The minimum Gasteiger partial charge on any atom is -0.492 e.